The Labute approximate surface area is 131 Å². The van der Waals surface area contributed by atoms with Crippen LogP contribution in [0.25, 0.3) is 0 Å². The third kappa shape index (κ3) is 7.52. The van der Waals surface area contributed by atoms with Crippen molar-refractivity contribution in [1.82, 2.24) is 5.32 Å². The molecule has 0 aliphatic rings. The highest BCUT2D eigenvalue weighted by Crippen LogP contribution is 2.28. The van der Waals surface area contributed by atoms with E-state index in [2.05, 4.69) is 64.2 Å². The summed E-state index contributed by atoms with van der Waals surface area (Å²) >= 11 is 0. The van der Waals surface area contributed by atoms with Gasteiger partial charge in [0.2, 0.25) is 0 Å². The summed E-state index contributed by atoms with van der Waals surface area (Å²) in [4.78, 5) is 0. The lowest BCUT2D eigenvalue weighted by molar-refractivity contribution is 0.309. The smallest absolute Gasteiger partial charge is 0.119 e. The molecular formula is C19H33NO. The van der Waals surface area contributed by atoms with Gasteiger partial charge < -0.3 is 10.1 Å². The van der Waals surface area contributed by atoms with E-state index in [0.29, 0.717) is 11.5 Å². The zero-order valence-corrected chi connectivity index (χ0v) is 14.5. The first-order valence-electron chi connectivity index (χ1n) is 8.42. The first-order chi connectivity index (χ1) is 9.96. The van der Waals surface area contributed by atoms with Gasteiger partial charge in [0.25, 0.3) is 0 Å². The molecule has 21 heavy (non-hydrogen) atoms. The molecule has 2 heteroatoms. The standard InChI is InChI=1S/C19H33NO/c1-6-8-15-21-17-11-9-16(10-12-17)18(20-7-2)13-14-19(3,4)5/h9-12,18,20H,6-8,13-15H2,1-5H3. The minimum Gasteiger partial charge on any atom is -0.494 e. The molecule has 120 valence electrons. The molecule has 0 fully saturated rings. The fourth-order valence-corrected chi connectivity index (χ4v) is 2.34. The molecule has 0 amide bonds. The third-order valence-electron chi connectivity index (χ3n) is 3.68. The van der Waals surface area contributed by atoms with Gasteiger partial charge in [-0.3, -0.25) is 0 Å². The van der Waals surface area contributed by atoms with Crippen molar-refractivity contribution in [2.45, 2.75) is 66.3 Å². The zero-order chi connectivity index (χ0) is 15.7. The van der Waals surface area contributed by atoms with Gasteiger partial charge in [-0.1, -0.05) is 53.2 Å². The molecule has 1 aromatic carbocycles. The van der Waals surface area contributed by atoms with E-state index in [1.807, 2.05) is 0 Å². The summed E-state index contributed by atoms with van der Waals surface area (Å²) in [5, 5.41) is 3.60. The first-order valence-corrected chi connectivity index (χ1v) is 8.42. The van der Waals surface area contributed by atoms with Crippen LogP contribution in [0.15, 0.2) is 24.3 Å². The van der Waals surface area contributed by atoms with Crippen LogP contribution >= 0.6 is 0 Å². The largest absolute Gasteiger partial charge is 0.494 e. The number of hydrogen-bond donors (Lipinski definition) is 1. The molecule has 0 heterocycles. The van der Waals surface area contributed by atoms with E-state index in [-0.39, 0.29) is 0 Å². The van der Waals surface area contributed by atoms with Crippen LogP contribution < -0.4 is 10.1 Å². The molecule has 0 saturated carbocycles. The Balaban J connectivity index is 2.61. The van der Waals surface area contributed by atoms with Crippen molar-refractivity contribution in [1.29, 1.82) is 0 Å². The predicted octanol–water partition coefficient (Wildman–Crippen LogP) is 5.34. The molecule has 1 rings (SSSR count). The Bertz CT molecular complexity index is 378. The van der Waals surface area contributed by atoms with E-state index >= 15 is 0 Å². The van der Waals surface area contributed by atoms with Crippen molar-refractivity contribution < 1.29 is 4.74 Å². The molecule has 0 aliphatic heterocycles. The Morgan fingerprint density at radius 2 is 1.76 bits per heavy atom. The molecule has 1 N–H and O–H groups in total. The van der Waals surface area contributed by atoms with E-state index in [1.165, 1.54) is 24.8 Å². The highest BCUT2D eigenvalue weighted by molar-refractivity contribution is 5.29. The van der Waals surface area contributed by atoms with Crippen molar-refractivity contribution in [2.75, 3.05) is 13.2 Å². The monoisotopic (exact) mass is 291 g/mol. The molecular weight excluding hydrogens is 258 g/mol. The average Bonchev–Trinajstić information content (AvgIpc) is 2.44. The van der Waals surface area contributed by atoms with Crippen LogP contribution in [0.4, 0.5) is 0 Å². The maximum atomic E-state index is 5.73. The molecule has 1 aromatic rings. The van der Waals surface area contributed by atoms with Crippen LogP contribution in [0.2, 0.25) is 0 Å². The summed E-state index contributed by atoms with van der Waals surface area (Å²) in [6.07, 6.45) is 4.69. The fraction of sp³-hybridized carbons (Fsp3) is 0.684. The molecule has 0 saturated heterocycles. The van der Waals surface area contributed by atoms with Crippen molar-refractivity contribution in [2.24, 2.45) is 5.41 Å². The van der Waals surface area contributed by atoms with Crippen molar-refractivity contribution in [3.8, 4) is 5.75 Å². The molecule has 2 nitrogen and oxygen atoms in total. The quantitative estimate of drug-likeness (QED) is 0.620. The second kappa shape index (κ2) is 9.09. The summed E-state index contributed by atoms with van der Waals surface area (Å²) in [6, 6.07) is 9.06. The third-order valence-corrected chi connectivity index (χ3v) is 3.68. The Morgan fingerprint density at radius 1 is 1.10 bits per heavy atom. The minimum absolute atomic E-state index is 0.386. The number of rotatable bonds is 9. The van der Waals surface area contributed by atoms with Crippen LogP contribution in [-0.2, 0) is 0 Å². The summed E-state index contributed by atoms with van der Waals surface area (Å²) in [5.74, 6) is 0.985. The van der Waals surface area contributed by atoms with E-state index in [4.69, 9.17) is 4.74 Å². The summed E-state index contributed by atoms with van der Waals surface area (Å²) in [5.41, 5.74) is 1.75. The van der Waals surface area contributed by atoms with Crippen LogP contribution in [0.5, 0.6) is 5.75 Å². The van der Waals surface area contributed by atoms with Crippen LogP contribution in [-0.4, -0.2) is 13.2 Å². The van der Waals surface area contributed by atoms with Gasteiger partial charge in [0.1, 0.15) is 5.75 Å². The maximum absolute atomic E-state index is 5.73. The van der Waals surface area contributed by atoms with Gasteiger partial charge in [0.15, 0.2) is 0 Å². The molecule has 1 atom stereocenters. The fourth-order valence-electron chi connectivity index (χ4n) is 2.34. The van der Waals surface area contributed by atoms with Gasteiger partial charge in [-0.05, 0) is 48.9 Å². The van der Waals surface area contributed by atoms with Gasteiger partial charge >= 0.3 is 0 Å². The molecule has 0 aromatic heterocycles. The lowest BCUT2D eigenvalue weighted by Gasteiger charge is -2.24. The molecule has 0 radical (unpaired) electrons. The minimum atomic E-state index is 0.386. The number of hydrogen-bond acceptors (Lipinski definition) is 2. The van der Waals surface area contributed by atoms with Crippen molar-refractivity contribution in [3.63, 3.8) is 0 Å². The second-order valence-electron chi connectivity index (χ2n) is 6.98. The highest BCUT2D eigenvalue weighted by Gasteiger charge is 2.16. The number of ether oxygens (including phenoxy) is 1. The second-order valence-corrected chi connectivity index (χ2v) is 6.98. The van der Waals surface area contributed by atoms with Crippen LogP contribution in [0.1, 0.15) is 71.9 Å². The van der Waals surface area contributed by atoms with Gasteiger partial charge in [0.05, 0.1) is 6.61 Å². The van der Waals surface area contributed by atoms with Gasteiger partial charge in [-0.25, -0.2) is 0 Å². The summed E-state index contributed by atoms with van der Waals surface area (Å²) in [6.45, 7) is 13.1. The van der Waals surface area contributed by atoms with E-state index < -0.39 is 0 Å². The summed E-state index contributed by atoms with van der Waals surface area (Å²) in [7, 11) is 0. The lowest BCUT2D eigenvalue weighted by Crippen LogP contribution is -2.22. The van der Waals surface area contributed by atoms with E-state index in [9.17, 15) is 0 Å². The van der Waals surface area contributed by atoms with Crippen LogP contribution in [0.3, 0.4) is 0 Å². The highest BCUT2D eigenvalue weighted by atomic mass is 16.5. The lowest BCUT2D eigenvalue weighted by atomic mass is 9.87. The van der Waals surface area contributed by atoms with Crippen molar-refractivity contribution in [3.05, 3.63) is 29.8 Å². The van der Waals surface area contributed by atoms with Crippen LogP contribution in [0, 0.1) is 5.41 Å². The van der Waals surface area contributed by atoms with Gasteiger partial charge in [0, 0.05) is 6.04 Å². The molecule has 1 unspecified atom stereocenters. The van der Waals surface area contributed by atoms with E-state index in [1.54, 1.807) is 0 Å². The van der Waals surface area contributed by atoms with Crippen molar-refractivity contribution >= 4 is 0 Å². The SMILES string of the molecule is CCCCOc1ccc(C(CCC(C)(C)C)NCC)cc1. The number of nitrogens with one attached hydrogen (secondary N) is 1. The van der Waals surface area contributed by atoms with E-state index in [0.717, 1.165) is 25.3 Å². The number of unbranched alkanes of at least 4 members (excludes halogenated alkanes) is 1. The maximum Gasteiger partial charge on any atom is 0.119 e. The van der Waals surface area contributed by atoms with Gasteiger partial charge in [-0.2, -0.15) is 0 Å². The molecule has 0 bridgehead atoms. The zero-order valence-electron chi connectivity index (χ0n) is 14.5. The molecule has 0 aliphatic carbocycles. The summed E-state index contributed by atoms with van der Waals surface area (Å²) < 4.78 is 5.73. The Morgan fingerprint density at radius 3 is 2.29 bits per heavy atom. The first kappa shape index (κ1) is 18.0. The average molecular weight is 291 g/mol. The Hall–Kier alpha value is -1.02. The predicted molar refractivity (Wildman–Crippen MR) is 92.0 cm³/mol. The number of benzene rings is 1. The Kier molecular flexibility index (Phi) is 7.81. The molecule has 0 spiro atoms. The van der Waals surface area contributed by atoms with Gasteiger partial charge in [-0.15, -0.1) is 0 Å². The topological polar surface area (TPSA) is 21.3 Å². The normalized spacial score (nSPS) is 13.2.